The molecule has 0 spiro atoms. The molecule has 0 amide bonds. The highest BCUT2D eigenvalue weighted by molar-refractivity contribution is 9.09. The van der Waals surface area contributed by atoms with Gasteiger partial charge in [0.2, 0.25) is 0 Å². The molecule has 0 bridgehead atoms. The molecular formula is C12H15BrO2. The molecule has 3 heteroatoms. The molecule has 0 aliphatic rings. The third kappa shape index (κ3) is 3.34. The van der Waals surface area contributed by atoms with E-state index < -0.39 is 0 Å². The van der Waals surface area contributed by atoms with Crippen LogP contribution in [0.15, 0.2) is 18.2 Å². The van der Waals surface area contributed by atoms with Crippen molar-refractivity contribution in [3.63, 3.8) is 0 Å². The minimum Gasteiger partial charge on any atom is -0.447 e. The topological polar surface area (TPSA) is 26.3 Å². The molecule has 1 atom stereocenters. The third-order valence-corrected chi connectivity index (χ3v) is 3.13. The smallest absolute Gasteiger partial charge is 0.339 e. The van der Waals surface area contributed by atoms with Gasteiger partial charge in [-0.15, -0.1) is 0 Å². The molecule has 0 saturated carbocycles. The molecule has 0 fully saturated rings. The van der Waals surface area contributed by atoms with Gasteiger partial charge in [-0.05, 0) is 59.5 Å². The fraction of sp³-hybridized carbons (Fsp3) is 0.417. The predicted octanol–water partition coefficient (Wildman–Crippen LogP) is 3.59. The van der Waals surface area contributed by atoms with Crippen LogP contribution in [-0.4, -0.2) is 11.0 Å². The van der Waals surface area contributed by atoms with Gasteiger partial charge in [0.05, 0.1) is 5.56 Å². The average molecular weight is 271 g/mol. The first-order chi connectivity index (χ1) is 7.04. The maximum Gasteiger partial charge on any atom is 0.339 e. The first-order valence-electron chi connectivity index (χ1n) is 4.97. The quantitative estimate of drug-likeness (QED) is 0.620. The van der Waals surface area contributed by atoms with Crippen LogP contribution in [0.1, 0.15) is 34.8 Å². The van der Waals surface area contributed by atoms with E-state index in [9.17, 15) is 4.79 Å². The molecule has 1 unspecified atom stereocenters. The van der Waals surface area contributed by atoms with Gasteiger partial charge in [0.15, 0.2) is 5.01 Å². The van der Waals surface area contributed by atoms with E-state index in [2.05, 4.69) is 15.9 Å². The number of hydrogen-bond donors (Lipinski definition) is 0. The van der Waals surface area contributed by atoms with E-state index in [1.807, 2.05) is 32.9 Å². The molecule has 0 aliphatic heterocycles. The summed E-state index contributed by atoms with van der Waals surface area (Å²) in [4.78, 5) is 11.6. The lowest BCUT2D eigenvalue weighted by Gasteiger charge is -2.10. The summed E-state index contributed by atoms with van der Waals surface area (Å²) in [6, 6.07) is 5.58. The van der Waals surface area contributed by atoms with Crippen LogP contribution in [0.4, 0.5) is 0 Å². The number of esters is 1. The summed E-state index contributed by atoms with van der Waals surface area (Å²) in [5.74, 6) is -0.276. The molecule has 2 nitrogen and oxygen atoms in total. The second kappa shape index (κ2) is 5.31. The molecule has 0 N–H and O–H groups in total. The summed E-state index contributed by atoms with van der Waals surface area (Å²) in [5.41, 5.74) is 2.89. The summed E-state index contributed by atoms with van der Waals surface area (Å²) < 4.78 is 5.16. The van der Waals surface area contributed by atoms with Crippen molar-refractivity contribution in [2.75, 3.05) is 0 Å². The Morgan fingerprint density at radius 3 is 2.60 bits per heavy atom. The second-order valence-electron chi connectivity index (χ2n) is 3.52. The van der Waals surface area contributed by atoms with Crippen molar-refractivity contribution in [2.24, 2.45) is 0 Å². The zero-order valence-electron chi connectivity index (χ0n) is 9.21. The van der Waals surface area contributed by atoms with Crippen LogP contribution < -0.4 is 0 Å². The van der Waals surface area contributed by atoms with Crippen molar-refractivity contribution in [1.82, 2.24) is 0 Å². The number of ether oxygens (including phenoxy) is 1. The fourth-order valence-electron chi connectivity index (χ4n) is 1.14. The number of alkyl halides is 1. The molecule has 0 radical (unpaired) electrons. The van der Waals surface area contributed by atoms with Gasteiger partial charge in [-0.3, -0.25) is 0 Å². The maximum atomic E-state index is 11.6. The molecular weight excluding hydrogens is 256 g/mol. The Morgan fingerprint density at radius 2 is 2.07 bits per heavy atom. The number of hydrogen-bond acceptors (Lipinski definition) is 2. The lowest BCUT2D eigenvalue weighted by atomic mass is 10.1. The van der Waals surface area contributed by atoms with Crippen LogP contribution >= 0.6 is 15.9 Å². The Labute approximate surface area is 98.8 Å². The van der Waals surface area contributed by atoms with Gasteiger partial charge < -0.3 is 4.74 Å². The summed E-state index contributed by atoms with van der Waals surface area (Å²) in [5, 5.41) is -0.202. The fourth-order valence-corrected chi connectivity index (χ4v) is 1.31. The van der Waals surface area contributed by atoms with Crippen molar-refractivity contribution >= 4 is 21.9 Å². The molecule has 0 aromatic heterocycles. The van der Waals surface area contributed by atoms with Crippen molar-refractivity contribution in [2.45, 2.75) is 32.2 Å². The van der Waals surface area contributed by atoms with Gasteiger partial charge in [-0.25, -0.2) is 4.79 Å². The predicted molar refractivity (Wildman–Crippen MR) is 64.3 cm³/mol. The Morgan fingerprint density at radius 1 is 1.40 bits per heavy atom. The van der Waals surface area contributed by atoms with Gasteiger partial charge in [0.25, 0.3) is 0 Å². The number of carbonyl (C=O) groups excluding carboxylic acids is 1. The van der Waals surface area contributed by atoms with Crippen LogP contribution in [0.25, 0.3) is 0 Å². The SMILES string of the molecule is CCC(Br)OC(=O)c1ccc(C)c(C)c1. The minimum atomic E-state index is -0.276. The van der Waals surface area contributed by atoms with E-state index in [1.165, 1.54) is 5.56 Å². The minimum absolute atomic E-state index is 0.202. The van der Waals surface area contributed by atoms with Crippen molar-refractivity contribution in [3.8, 4) is 0 Å². The van der Waals surface area contributed by atoms with E-state index in [4.69, 9.17) is 4.74 Å². The number of carbonyl (C=O) groups is 1. The van der Waals surface area contributed by atoms with E-state index in [0.29, 0.717) is 5.56 Å². The van der Waals surface area contributed by atoms with Crippen LogP contribution in [0.2, 0.25) is 0 Å². The molecule has 0 heterocycles. The van der Waals surface area contributed by atoms with Crippen molar-refractivity contribution in [1.29, 1.82) is 0 Å². The van der Waals surface area contributed by atoms with Gasteiger partial charge in [0, 0.05) is 0 Å². The third-order valence-electron chi connectivity index (χ3n) is 2.30. The number of halogens is 1. The largest absolute Gasteiger partial charge is 0.447 e. The highest BCUT2D eigenvalue weighted by atomic mass is 79.9. The zero-order valence-corrected chi connectivity index (χ0v) is 10.8. The van der Waals surface area contributed by atoms with E-state index in [-0.39, 0.29) is 11.0 Å². The van der Waals surface area contributed by atoms with Crippen molar-refractivity contribution in [3.05, 3.63) is 34.9 Å². The zero-order chi connectivity index (χ0) is 11.4. The van der Waals surface area contributed by atoms with Crippen molar-refractivity contribution < 1.29 is 9.53 Å². The number of benzene rings is 1. The van der Waals surface area contributed by atoms with Gasteiger partial charge in [-0.2, -0.15) is 0 Å². The molecule has 1 rings (SSSR count). The maximum absolute atomic E-state index is 11.6. The highest BCUT2D eigenvalue weighted by Gasteiger charge is 2.11. The summed E-state index contributed by atoms with van der Waals surface area (Å²) in [6.07, 6.45) is 0.760. The Kier molecular flexibility index (Phi) is 4.33. The molecule has 1 aromatic rings. The van der Waals surface area contributed by atoms with E-state index in [0.717, 1.165) is 12.0 Å². The monoisotopic (exact) mass is 270 g/mol. The number of aryl methyl sites for hydroxylation is 2. The Hall–Kier alpha value is -0.830. The highest BCUT2D eigenvalue weighted by Crippen LogP contribution is 2.14. The van der Waals surface area contributed by atoms with Crippen LogP contribution in [0, 0.1) is 13.8 Å². The second-order valence-corrected chi connectivity index (χ2v) is 4.54. The van der Waals surface area contributed by atoms with Gasteiger partial charge in [-0.1, -0.05) is 13.0 Å². The van der Waals surface area contributed by atoms with E-state index >= 15 is 0 Å². The molecule has 0 aliphatic carbocycles. The Balaban J connectivity index is 2.78. The normalized spacial score (nSPS) is 12.3. The van der Waals surface area contributed by atoms with Crippen LogP contribution in [0.5, 0.6) is 0 Å². The lowest BCUT2D eigenvalue weighted by molar-refractivity contribution is 0.0464. The molecule has 0 saturated heterocycles. The van der Waals surface area contributed by atoms with Gasteiger partial charge >= 0.3 is 5.97 Å². The van der Waals surface area contributed by atoms with E-state index in [1.54, 1.807) is 6.07 Å². The average Bonchev–Trinajstić information content (AvgIpc) is 2.21. The van der Waals surface area contributed by atoms with Crippen LogP contribution in [0.3, 0.4) is 0 Å². The first-order valence-corrected chi connectivity index (χ1v) is 5.88. The molecule has 82 valence electrons. The summed E-state index contributed by atoms with van der Waals surface area (Å²) in [6.45, 7) is 5.95. The standard InChI is InChI=1S/C12H15BrO2/c1-4-11(13)15-12(14)10-6-5-8(2)9(3)7-10/h5-7,11H,4H2,1-3H3. The Bertz CT molecular complexity index is 361. The summed E-state index contributed by atoms with van der Waals surface area (Å²) in [7, 11) is 0. The van der Waals surface area contributed by atoms with Crippen LogP contribution in [-0.2, 0) is 4.74 Å². The lowest BCUT2D eigenvalue weighted by Crippen LogP contribution is -2.11. The molecule has 15 heavy (non-hydrogen) atoms. The molecule has 1 aromatic carbocycles. The summed E-state index contributed by atoms with van der Waals surface area (Å²) >= 11 is 3.26. The number of rotatable bonds is 3. The first kappa shape index (κ1) is 12.2. The van der Waals surface area contributed by atoms with Gasteiger partial charge in [0.1, 0.15) is 0 Å².